The smallest absolute Gasteiger partial charge is 0.270 e. The number of ether oxygens (including phenoxy) is 1. The number of hydrogen-bond acceptors (Lipinski definition) is 5. The molecule has 1 aromatic rings. The Hall–Kier alpha value is -2.15. The van der Waals surface area contributed by atoms with Crippen molar-refractivity contribution in [1.82, 2.24) is 0 Å². The standard InChI is InChI=1S/C10H13N3O4/c11-4-1-5-17-9-3-2-7(13(15)16)6-8(9)10(12)14/h2-3,6H,1,4-5,11H2,(H2,12,14). The van der Waals surface area contributed by atoms with Crippen molar-refractivity contribution in [2.45, 2.75) is 6.42 Å². The van der Waals surface area contributed by atoms with Gasteiger partial charge in [0.05, 0.1) is 17.1 Å². The van der Waals surface area contributed by atoms with E-state index in [1.54, 1.807) is 0 Å². The highest BCUT2D eigenvalue weighted by molar-refractivity contribution is 5.96. The van der Waals surface area contributed by atoms with Gasteiger partial charge < -0.3 is 16.2 Å². The van der Waals surface area contributed by atoms with Crippen LogP contribution in [0.5, 0.6) is 5.75 Å². The number of nitro benzene ring substituents is 1. The number of carbonyl (C=O) groups excluding carboxylic acids is 1. The van der Waals surface area contributed by atoms with Crippen molar-refractivity contribution in [3.05, 3.63) is 33.9 Å². The van der Waals surface area contributed by atoms with Crippen molar-refractivity contribution in [3.63, 3.8) is 0 Å². The number of benzene rings is 1. The highest BCUT2D eigenvalue weighted by Crippen LogP contribution is 2.23. The molecule has 17 heavy (non-hydrogen) atoms. The lowest BCUT2D eigenvalue weighted by Gasteiger charge is -2.08. The fourth-order valence-electron chi connectivity index (χ4n) is 1.22. The van der Waals surface area contributed by atoms with Gasteiger partial charge in [0, 0.05) is 12.1 Å². The Labute approximate surface area is 97.5 Å². The Morgan fingerprint density at radius 2 is 2.18 bits per heavy atom. The minimum atomic E-state index is -0.767. The highest BCUT2D eigenvalue weighted by Gasteiger charge is 2.15. The van der Waals surface area contributed by atoms with E-state index in [1.165, 1.54) is 12.1 Å². The van der Waals surface area contributed by atoms with E-state index in [4.69, 9.17) is 16.2 Å². The number of primary amides is 1. The van der Waals surface area contributed by atoms with Gasteiger partial charge in [-0.25, -0.2) is 0 Å². The largest absolute Gasteiger partial charge is 0.493 e. The molecule has 0 fully saturated rings. The maximum Gasteiger partial charge on any atom is 0.270 e. The summed E-state index contributed by atoms with van der Waals surface area (Å²) in [5, 5.41) is 10.5. The first-order valence-electron chi connectivity index (χ1n) is 4.97. The van der Waals surface area contributed by atoms with Crippen LogP contribution in [0.2, 0.25) is 0 Å². The molecule has 0 bridgehead atoms. The van der Waals surface area contributed by atoms with E-state index in [-0.39, 0.29) is 17.0 Å². The second-order valence-electron chi connectivity index (χ2n) is 3.29. The van der Waals surface area contributed by atoms with E-state index in [9.17, 15) is 14.9 Å². The van der Waals surface area contributed by atoms with Gasteiger partial charge in [0.2, 0.25) is 0 Å². The van der Waals surface area contributed by atoms with Gasteiger partial charge in [0.15, 0.2) is 0 Å². The third kappa shape index (κ3) is 3.42. The van der Waals surface area contributed by atoms with Crippen molar-refractivity contribution >= 4 is 11.6 Å². The number of hydrogen-bond donors (Lipinski definition) is 2. The van der Waals surface area contributed by atoms with Gasteiger partial charge in [-0.15, -0.1) is 0 Å². The van der Waals surface area contributed by atoms with E-state index in [0.717, 1.165) is 6.07 Å². The quantitative estimate of drug-likeness (QED) is 0.423. The predicted octanol–water partition coefficient (Wildman–Crippen LogP) is 0.421. The summed E-state index contributed by atoms with van der Waals surface area (Å²) in [6.07, 6.45) is 0.620. The number of carbonyl (C=O) groups is 1. The average molecular weight is 239 g/mol. The van der Waals surface area contributed by atoms with Crippen LogP contribution in [-0.2, 0) is 0 Å². The lowest BCUT2D eigenvalue weighted by molar-refractivity contribution is -0.384. The van der Waals surface area contributed by atoms with Crippen molar-refractivity contribution < 1.29 is 14.5 Å². The first-order valence-corrected chi connectivity index (χ1v) is 4.97. The minimum Gasteiger partial charge on any atom is -0.493 e. The van der Waals surface area contributed by atoms with Crippen molar-refractivity contribution in [2.24, 2.45) is 11.5 Å². The van der Waals surface area contributed by atoms with Crippen LogP contribution in [0.15, 0.2) is 18.2 Å². The van der Waals surface area contributed by atoms with Crippen LogP contribution >= 0.6 is 0 Å². The number of nitrogens with zero attached hydrogens (tertiary/aromatic N) is 1. The summed E-state index contributed by atoms with van der Waals surface area (Å²) < 4.78 is 5.27. The molecule has 1 aromatic carbocycles. The third-order valence-corrected chi connectivity index (χ3v) is 2.05. The average Bonchev–Trinajstić information content (AvgIpc) is 2.29. The molecule has 0 saturated carbocycles. The SMILES string of the molecule is NCCCOc1ccc([N+](=O)[O-])cc1C(N)=O. The van der Waals surface area contributed by atoms with Gasteiger partial charge >= 0.3 is 0 Å². The first-order chi connectivity index (χ1) is 8.06. The Bertz CT molecular complexity index is 434. The monoisotopic (exact) mass is 239 g/mol. The topological polar surface area (TPSA) is 121 Å². The fraction of sp³-hybridized carbons (Fsp3) is 0.300. The van der Waals surface area contributed by atoms with Crippen molar-refractivity contribution in [3.8, 4) is 5.75 Å². The maximum atomic E-state index is 11.1. The zero-order chi connectivity index (χ0) is 12.8. The number of rotatable bonds is 6. The van der Waals surface area contributed by atoms with Crippen molar-refractivity contribution in [2.75, 3.05) is 13.2 Å². The minimum absolute atomic E-state index is 0.00350. The van der Waals surface area contributed by atoms with Gasteiger partial charge in [-0.2, -0.15) is 0 Å². The Morgan fingerprint density at radius 1 is 1.47 bits per heavy atom. The number of non-ortho nitro benzene ring substituents is 1. The van der Waals surface area contributed by atoms with Crippen LogP contribution < -0.4 is 16.2 Å². The van der Waals surface area contributed by atoms with E-state index in [1.807, 2.05) is 0 Å². The Kier molecular flexibility index (Phi) is 4.41. The summed E-state index contributed by atoms with van der Waals surface area (Å²) in [7, 11) is 0. The molecule has 0 atom stereocenters. The molecular weight excluding hydrogens is 226 g/mol. The summed E-state index contributed by atoms with van der Waals surface area (Å²) in [6, 6.07) is 3.71. The van der Waals surface area contributed by atoms with Crippen LogP contribution in [0.25, 0.3) is 0 Å². The van der Waals surface area contributed by atoms with Gasteiger partial charge in [-0.3, -0.25) is 14.9 Å². The van der Waals surface area contributed by atoms with Crippen LogP contribution in [0.3, 0.4) is 0 Å². The Balaban J connectivity index is 2.96. The third-order valence-electron chi connectivity index (χ3n) is 2.05. The molecular formula is C10H13N3O4. The first kappa shape index (κ1) is 12.9. The number of nitro groups is 1. The molecule has 92 valence electrons. The van der Waals surface area contributed by atoms with E-state index in [2.05, 4.69) is 0 Å². The van der Waals surface area contributed by atoms with Crippen molar-refractivity contribution in [1.29, 1.82) is 0 Å². The summed E-state index contributed by atoms with van der Waals surface area (Å²) in [6.45, 7) is 0.785. The maximum absolute atomic E-state index is 11.1. The molecule has 0 heterocycles. The van der Waals surface area contributed by atoms with Crippen LogP contribution in [0.4, 0.5) is 5.69 Å². The van der Waals surface area contributed by atoms with E-state index in [0.29, 0.717) is 19.6 Å². The molecule has 0 spiro atoms. The molecule has 0 aliphatic carbocycles. The normalized spacial score (nSPS) is 9.94. The molecule has 7 heteroatoms. The van der Waals surface area contributed by atoms with E-state index >= 15 is 0 Å². The van der Waals surface area contributed by atoms with Gasteiger partial charge in [0.1, 0.15) is 5.75 Å². The molecule has 7 nitrogen and oxygen atoms in total. The summed E-state index contributed by atoms with van der Waals surface area (Å²) in [4.78, 5) is 21.1. The summed E-state index contributed by atoms with van der Waals surface area (Å²) in [5.41, 5.74) is 10.2. The zero-order valence-electron chi connectivity index (χ0n) is 9.09. The molecule has 0 aliphatic rings. The van der Waals surface area contributed by atoms with Crippen LogP contribution in [0.1, 0.15) is 16.8 Å². The lowest BCUT2D eigenvalue weighted by atomic mass is 10.1. The molecule has 0 aromatic heterocycles. The zero-order valence-corrected chi connectivity index (χ0v) is 9.09. The van der Waals surface area contributed by atoms with E-state index < -0.39 is 10.8 Å². The van der Waals surface area contributed by atoms with Gasteiger partial charge in [-0.1, -0.05) is 0 Å². The molecule has 0 aliphatic heterocycles. The second kappa shape index (κ2) is 5.80. The Morgan fingerprint density at radius 3 is 2.71 bits per heavy atom. The lowest BCUT2D eigenvalue weighted by Crippen LogP contribution is -2.14. The van der Waals surface area contributed by atoms with Crippen LogP contribution in [0, 0.1) is 10.1 Å². The van der Waals surface area contributed by atoms with Gasteiger partial charge in [0.25, 0.3) is 11.6 Å². The second-order valence-corrected chi connectivity index (χ2v) is 3.29. The number of amides is 1. The molecule has 1 rings (SSSR count). The summed E-state index contributed by atoms with van der Waals surface area (Å²) >= 11 is 0. The molecule has 1 amide bonds. The van der Waals surface area contributed by atoms with Crippen LogP contribution in [-0.4, -0.2) is 24.0 Å². The predicted molar refractivity (Wildman–Crippen MR) is 60.8 cm³/mol. The summed E-state index contributed by atoms with van der Waals surface area (Å²) in [5.74, 6) is -0.534. The molecule has 0 unspecified atom stereocenters. The fourth-order valence-corrected chi connectivity index (χ4v) is 1.22. The molecule has 0 radical (unpaired) electrons. The number of nitrogens with two attached hydrogens (primary N) is 2. The van der Waals surface area contributed by atoms with Gasteiger partial charge in [-0.05, 0) is 19.0 Å². The molecule has 4 N–H and O–H groups in total. The molecule has 0 saturated heterocycles. The highest BCUT2D eigenvalue weighted by atomic mass is 16.6.